The van der Waals surface area contributed by atoms with Gasteiger partial charge in [-0.05, 0) is 25.1 Å². The minimum atomic E-state index is -0.241. The molecule has 0 bridgehead atoms. The average Bonchev–Trinajstić information content (AvgIpc) is 2.85. The van der Waals surface area contributed by atoms with Gasteiger partial charge in [-0.25, -0.2) is 4.39 Å². The predicted octanol–water partition coefficient (Wildman–Crippen LogP) is 5.75. The number of benzene rings is 2. The zero-order chi connectivity index (χ0) is 14.8. The minimum absolute atomic E-state index is 0.241. The molecule has 21 heavy (non-hydrogen) atoms. The number of aryl methyl sites for hydroxylation is 1. The molecule has 3 aromatic rings. The summed E-state index contributed by atoms with van der Waals surface area (Å²) in [6.07, 6.45) is 2.13. The van der Waals surface area contributed by atoms with Crippen molar-refractivity contribution in [3.8, 4) is 0 Å². The fourth-order valence-electron chi connectivity index (χ4n) is 2.41. The van der Waals surface area contributed by atoms with E-state index in [9.17, 15) is 4.39 Å². The Labute approximate surface area is 132 Å². The van der Waals surface area contributed by atoms with Crippen molar-refractivity contribution in [3.63, 3.8) is 0 Å². The Morgan fingerprint density at radius 3 is 2.71 bits per heavy atom. The second-order valence-corrected chi connectivity index (χ2v) is 6.21. The van der Waals surface area contributed by atoms with Crippen molar-refractivity contribution in [3.05, 3.63) is 65.1 Å². The highest BCUT2D eigenvalue weighted by Crippen LogP contribution is 2.34. The molecule has 0 aliphatic carbocycles. The molecule has 0 radical (unpaired) electrons. The van der Waals surface area contributed by atoms with Crippen LogP contribution >= 0.6 is 23.4 Å². The van der Waals surface area contributed by atoms with E-state index in [-0.39, 0.29) is 5.82 Å². The van der Waals surface area contributed by atoms with Crippen LogP contribution in [0.5, 0.6) is 0 Å². The maximum Gasteiger partial charge on any atom is 0.128 e. The topological polar surface area (TPSA) is 4.93 Å². The third-order valence-electron chi connectivity index (χ3n) is 3.53. The van der Waals surface area contributed by atoms with Crippen molar-refractivity contribution < 1.29 is 4.39 Å². The molecular weight excluding hydrogens is 305 g/mol. The fraction of sp³-hybridized carbons (Fsp3) is 0.176. The third-order valence-corrected chi connectivity index (χ3v) is 4.95. The lowest BCUT2D eigenvalue weighted by Crippen LogP contribution is -1.90. The number of para-hydroxylation sites is 1. The van der Waals surface area contributed by atoms with Gasteiger partial charge in [0.1, 0.15) is 5.82 Å². The highest BCUT2D eigenvalue weighted by molar-refractivity contribution is 7.98. The van der Waals surface area contributed by atoms with E-state index in [1.807, 2.05) is 12.1 Å². The zero-order valence-electron chi connectivity index (χ0n) is 11.6. The lowest BCUT2D eigenvalue weighted by molar-refractivity contribution is 0.617. The highest BCUT2D eigenvalue weighted by atomic mass is 35.5. The van der Waals surface area contributed by atoms with Gasteiger partial charge in [0.25, 0.3) is 0 Å². The van der Waals surface area contributed by atoms with Gasteiger partial charge in [0, 0.05) is 44.9 Å². The highest BCUT2D eigenvalue weighted by Gasteiger charge is 2.11. The Morgan fingerprint density at radius 1 is 1.14 bits per heavy atom. The summed E-state index contributed by atoms with van der Waals surface area (Å²) in [7, 11) is 0. The summed E-state index contributed by atoms with van der Waals surface area (Å²) >= 11 is 7.71. The second kappa shape index (κ2) is 6.12. The van der Waals surface area contributed by atoms with Crippen molar-refractivity contribution in [2.75, 3.05) is 0 Å². The van der Waals surface area contributed by atoms with Crippen molar-refractivity contribution in [2.24, 2.45) is 0 Å². The van der Waals surface area contributed by atoms with Crippen molar-refractivity contribution in [1.82, 2.24) is 4.57 Å². The lowest BCUT2D eigenvalue weighted by atomic mass is 10.2. The Hall–Kier alpha value is -1.45. The molecule has 0 saturated heterocycles. The van der Waals surface area contributed by atoms with Crippen LogP contribution < -0.4 is 0 Å². The van der Waals surface area contributed by atoms with Crippen LogP contribution in [-0.4, -0.2) is 4.57 Å². The van der Waals surface area contributed by atoms with E-state index in [0.29, 0.717) is 16.3 Å². The van der Waals surface area contributed by atoms with Gasteiger partial charge in [-0.1, -0.05) is 35.9 Å². The Bertz CT molecular complexity index is 761. The maximum absolute atomic E-state index is 13.8. The molecule has 3 rings (SSSR count). The Kier molecular flexibility index (Phi) is 4.22. The molecule has 0 N–H and O–H groups in total. The summed E-state index contributed by atoms with van der Waals surface area (Å²) in [6, 6.07) is 13.1. The molecular formula is C17H15ClFNS. The molecule has 2 aromatic carbocycles. The third kappa shape index (κ3) is 2.81. The van der Waals surface area contributed by atoms with Gasteiger partial charge in [-0.3, -0.25) is 0 Å². The predicted molar refractivity (Wildman–Crippen MR) is 88.6 cm³/mol. The first-order chi connectivity index (χ1) is 10.2. The normalized spacial score (nSPS) is 11.2. The van der Waals surface area contributed by atoms with Crippen LogP contribution in [0.4, 0.5) is 4.39 Å². The van der Waals surface area contributed by atoms with Gasteiger partial charge in [0.2, 0.25) is 0 Å². The molecule has 1 aromatic heterocycles. The molecule has 1 nitrogen and oxygen atoms in total. The van der Waals surface area contributed by atoms with Crippen molar-refractivity contribution in [2.45, 2.75) is 24.1 Å². The first-order valence-corrected chi connectivity index (χ1v) is 8.20. The number of rotatable bonds is 4. The van der Waals surface area contributed by atoms with E-state index >= 15 is 0 Å². The Balaban J connectivity index is 1.92. The number of hydrogen-bond donors (Lipinski definition) is 0. The van der Waals surface area contributed by atoms with Gasteiger partial charge in [0.05, 0.1) is 0 Å². The summed E-state index contributed by atoms with van der Waals surface area (Å²) in [5.74, 6) is 0.290. The van der Waals surface area contributed by atoms with Gasteiger partial charge in [-0.2, -0.15) is 0 Å². The molecule has 108 valence electrons. The number of hydrogen-bond acceptors (Lipinski definition) is 1. The summed E-state index contributed by atoms with van der Waals surface area (Å²) < 4.78 is 16.0. The molecule has 4 heteroatoms. The van der Waals surface area contributed by atoms with E-state index in [2.05, 4.69) is 29.8 Å². The average molecular weight is 320 g/mol. The van der Waals surface area contributed by atoms with Crippen LogP contribution in [0.1, 0.15) is 12.5 Å². The number of halogens is 2. The molecule has 0 atom stereocenters. The fourth-order valence-corrected chi connectivity index (χ4v) is 3.84. The number of aromatic nitrogens is 1. The van der Waals surface area contributed by atoms with Crippen LogP contribution in [0.25, 0.3) is 10.9 Å². The van der Waals surface area contributed by atoms with E-state index in [1.54, 1.807) is 23.9 Å². The molecule has 0 saturated carbocycles. The zero-order valence-corrected chi connectivity index (χ0v) is 13.2. The van der Waals surface area contributed by atoms with Crippen LogP contribution in [0.15, 0.2) is 53.6 Å². The van der Waals surface area contributed by atoms with E-state index in [4.69, 9.17) is 11.6 Å². The molecule has 1 heterocycles. The lowest BCUT2D eigenvalue weighted by Gasteiger charge is -2.05. The second-order valence-electron chi connectivity index (χ2n) is 4.79. The van der Waals surface area contributed by atoms with Gasteiger partial charge in [0.15, 0.2) is 0 Å². The van der Waals surface area contributed by atoms with Crippen molar-refractivity contribution in [1.29, 1.82) is 0 Å². The summed E-state index contributed by atoms with van der Waals surface area (Å²) in [5.41, 5.74) is 1.78. The van der Waals surface area contributed by atoms with E-state index in [0.717, 1.165) is 11.4 Å². The van der Waals surface area contributed by atoms with Crippen molar-refractivity contribution >= 4 is 34.3 Å². The molecule has 0 amide bonds. The van der Waals surface area contributed by atoms with E-state index in [1.165, 1.54) is 17.0 Å². The minimum Gasteiger partial charge on any atom is -0.347 e. The molecule has 0 spiro atoms. The number of fused-ring (bicyclic) bond motifs is 1. The summed E-state index contributed by atoms with van der Waals surface area (Å²) in [4.78, 5) is 1.16. The number of thioether (sulfide) groups is 1. The summed E-state index contributed by atoms with van der Waals surface area (Å²) in [6.45, 7) is 3.04. The van der Waals surface area contributed by atoms with Crippen LogP contribution in [-0.2, 0) is 12.3 Å². The van der Waals surface area contributed by atoms with Gasteiger partial charge >= 0.3 is 0 Å². The maximum atomic E-state index is 13.8. The Morgan fingerprint density at radius 2 is 1.95 bits per heavy atom. The van der Waals surface area contributed by atoms with E-state index < -0.39 is 0 Å². The SMILES string of the molecule is CCn1cc(SCc2c(F)cccc2Cl)c2ccccc21. The summed E-state index contributed by atoms with van der Waals surface area (Å²) in [5, 5.41) is 1.69. The van der Waals surface area contributed by atoms with Crippen LogP contribution in [0.3, 0.4) is 0 Å². The largest absolute Gasteiger partial charge is 0.347 e. The van der Waals surface area contributed by atoms with Gasteiger partial charge < -0.3 is 4.57 Å². The monoisotopic (exact) mass is 319 g/mol. The van der Waals surface area contributed by atoms with Crippen LogP contribution in [0, 0.1) is 5.82 Å². The molecule has 0 aliphatic rings. The molecule has 0 aliphatic heterocycles. The standard InChI is InChI=1S/C17H15ClFNS/c1-2-20-10-17(12-6-3-4-9-16(12)20)21-11-13-14(18)7-5-8-15(13)19/h3-10H,2,11H2,1H3. The first kappa shape index (κ1) is 14.5. The van der Waals surface area contributed by atoms with Crippen LogP contribution in [0.2, 0.25) is 5.02 Å². The number of nitrogens with zero attached hydrogens (tertiary/aromatic N) is 1. The first-order valence-electron chi connectivity index (χ1n) is 6.84. The quantitative estimate of drug-likeness (QED) is 0.555. The van der Waals surface area contributed by atoms with Gasteiger partial charge in [-0.15, -0.1) is 11.8 Å². The molecule has 0 unspecified atom stereocenters. The smallest absolute Gasteiger partial charge is 0.128 e. The molecule has 0 fully saturated rings.